The standard InChI is InChI=1S/C28H36O2/c1-20(28(5,6)7)18-22(16-17-27(2,3)4)26(21-12-10-9-11-13-21)24-15-14-23(30-8)19-25(24)29/h9-19,29H,1-8H3. The van der Waals surface area contributed by atoms with E-state index in [-0.39, 0.29) is 16.6 Å². The summed E-state index contributed by atoms with van der Waals surface area (Å²) < 4.78 is 5.30. The van der Waals surface area contributed by atoms with Gasteiger partial charge in [-0.15, -0.1) is 0 Å². The van der Waals surface area contributed by atoms with Crippen molar-refractivity contribution in [2.24, 2.45) is 10.8 Å². The lowest BCUT2D eigenvalue weighted by Gasteiger charge is -2.22. The Balaban J connectivity index is 2.90. The summed E-state index contributed by atoms with van der Waals surface area (Å²) in [5, 5.41) is 10.9. The molecule has 160 valence electrons. The Morgan fingerprint density at radius 3 is 2.07 bits per heavy atom. The smallest absolute Gasteiger partial charge is 0.127 e. The van der Waals surface area contributed by atoms with Crippen molar-refractivity contribution in [3.8, 4) is 11.5 Å². The second-order valence-electron chi connectivity index (χ2n) is 9.86. The van der Waals surface area contributed by atoms with Crippen molar-refractivity contribution >= 4 is 5.57 Å². The number of aromatic hydroxyl groups is 1. The second-order valence-corrected chi connectivity index (χ2v) is 9.86. The zero-order valence-corrected chi connectivity index (χ0v) is 19.7. The lowest BCUT2D eigenvalue weighted by atomic mass is 9.83. The van der Waals surface area contributed by atoms with E-state index in [9.17, 15) is 5.11 Å². The van der Waals surface area contributed by atoms with E-state index in [0.717, 1.165) is 22.3 Å². The number of allylic oxidation sites excluding steroid dienone is 5. The molecule has 0 amide bonds. The van der Waals surface area contributed by atoms with Crippen molar-refractivity contribution in [3.63, 3.8) is 0 Å². The lowest BCUT2D eigenvalue weighted by molar-refractivity contribution is 0.407. The van der Waals surface area contributed by atoms with Gasteiger partial charge in [0.15, 0.2) is 0 Å². The molecule has 0 aliphatic rings. The van der Waals surface area contributed by atoms with Gasteiger partial charge in [0.1, 0.15) is 11.5 Å². The summed E-state index contributed by atoms with van der Waals surface area (Å²) in [6, 6.07) is 15.7. The lowest BCUT2D eigenvalue weighted by Crippen LogP contribution is -2.07. The summed E-state index contributed by atoms with van der Waals surface area (Å²) in [6.45, 7) is 15.4. The van der Waals surface area contributed by atoms with Crippen LogP contribution >= 0.6 is 0 Å². The van der Waals surface area contributed by atoms with Crippen LogP contribution in [0.15, 0.2) is 77.9 Å². The summed E-state index contributed by atoms with van der Waals surface area (Å²) in [6.07, 6.45) is 6.65. The predicted octanol–water partition coefficient (Wildman–Crippen LogP) is 7.80. The van der Waals surface area contributed by atoms with Gasteiger partial charge in [0.05, 0.1) is 7.11 Å². The molecule has 2 aromatic rings. The summed E-state index contributed by atoms with van der Waals surface area (Å²) in [5.74, 6) is 0.841. The fourth-order valence-corrected chi connectivity index (χ4v) is 2.93. The first-order valence-electron chi connectivity index (χ1n) is 10.5. The number of methoxy groups -OCH3 is 1. The van der Waals surface area contributed by atoms with Crippen molar-refractivity contribution in [2.75, 3.05) is 7.11 Å². The minimum absolute atomic E-state index is 0.0402. The molecule has 0 saturated carbocycles. The second kappa shape index (κ2) is 9.38. The van der Waals surface area contributed by atoms with Crippen molar-refractivity contribution in [3.05, 3.63) is 89.0 Å². The van der Waals surface area contributed by atoms with Crippen LogP contribution < -0.4 is 4.74 Å². The molecule has 0 spiro atoms. The van der Waals surface area contributed by atoms with Gasteiger partial charge in [-0.3, -0.25) is 0 Å². The van der Waals surface area contributed by atoms with Crippen LogP contribution in [0.2, 0.25) is 0 Å². The Hall–Kier alpha value is -2.74. The maximum atomic E-state index is 10.9. The minimum Gasteiger partial charge on any atom is -0.507 e. The Kier molecular flexibility index (Phi) is 7.36. The third kappa shape index (κ3) is 6.38. The maximum absolute atomic E-state index is 10.9. The van der Waals surface area contributed by atoms with Crippen LogP contribution in [0.4, 0.5) is 0 Å². The van der Waals surface area contributed by atoms with Crippen LogP contribution in [0.1, 0.15) is 59.6 Å². The fraction of sp³-hybridized carbons (Fsp3) is 0.357. The molecule has 2 nitrogen and oxygen atoms in total. The summed E-state index contributed by atoms with van der Waals surface area (Å²) >= 11 is 0. The van der Waals surface area contributed by atoms with Gasteiger partial charge in [-0.1, -0.05) is 95.7 Å². The minimum atomic E-state index is 0.0402. The van der Waals surface area contributed by atoms with Crippen LogP contribution in [0.25, 0.3) is 5.57 Å². The maximum Gasteiger partial charge on any atom is 0.127 e. The number of phenolic OH excluding ortho intramolecular Hbond substituents is 1. The monoisotopic (exact) mass is 404 g/mol. The Labute approximate surface area is 182 Å². The molecule has 0 unspecified atom stereocenters. The highest BCUT2D eigenvalue weighted by Gasteiger charge is 2.18. The highest BCUT2D eigenvalue weighted by molar-refractivity contribution is 5.88. The molecule has 2 aromatic carbocycles. The molecule has 0 saturated heterocycles. The van der Waals surface area contributed by atoms with Crippen molar-refractivity contribution in [1.82, 2.24) is 0 Å². The van der Waals surface area contributed by atoms with E-state index in [0.29, 0.717) is 5.75 Å². The average molecular weight is 405 g/mol. The largest absolute Gasteiger partial charge is 0.507 e. The predicted molar refractivity (Wildman–Crippen MR) is 129 cm³/mol. The number of phenols is 1. The number of rotatable bonds is 5. The van der Waals surface area contributed by atoms with Crippen molar-refractivity contribution in [1.29, 1.82) is 0 Å². The fourth-order valence-electron chi connectivity index (χ4n) is 2.93. The summed E-state index contributed by atoms with van der Waals surface area (Å²) in [4.78, 5) is 0. The average Bonchev–Trinajstić information content (AvgIpc) is 2.66. The molecular formula is C28H36O2. The van der Waals surface area contributed by atoms with E-state index in [1.807, 2.05) is 30.3 Å². The zero-order valence-electron chi connectivity index (χ0n) is 19.7. The van der Waals surface area contributed by atoms with Gasteiger partial charge in [-0.25, -0.2) is 0 Å². The number of hydrogen-bond acceptors (Lipinski definition) is 2. The molecule has 0 fully saturated rings. The van der Waals surface area contributed by atoms with Gasteiger partial charge in [0.25, 0.3) is 0 Å². The van der Waals surface area contributed by atoms with E-state index in [1.54, 1.807) is 13.2 Å². The van der Waals surface area contributed by atoms with Crippen LogP contribution in [0, 0.1) is 10.8 Å². The molecule has 0 radical (unpaired) electrons. The Morgan fingerprint density at radius 1 is 0.933 bits per heavy atom. The molecule has 2 heteroatoms. The topological polar surface area (TPSA) is 29.5 Å². The van der Waals surface area contributed by atoms with Gasteiger partial charge in [0.2, 0.25) is 0 Å². The van der Waals surface area contributed by atoms with E-state index in [1.165, 1.54) is 5.57 Å². The van der Waals surface area contributed by atoms with Gasteiger partial charge in [-0.05, 0) is 46.6 Å². The van der Waals surface area contributed by atoms with E-state index in [4.69, 9.17) is 4.74 Å². The Morgan fingerprint density at radius 2 is 1.57 bits per heavy atom. The normalized spacial score (nSPS) is 14.1. The van der Waals surface area contributed by atoms with Crippen molar-refractivity contribution in [2.45, 2.75) is 48.5 Å². The van der Waals surface area contributed by atoms with Gasteiger partial charge in [0, 0.05) is 11.6 Å². The molecule has 0 aliphatic carbocycles. The van der Waals surface area contributed by atoms with E-state index in [2.05, 4.69) is 78.8 Å². The first-order chi connectivity index (χ1) is 13.9. The number of ether oxygens (including phenoxy) is 1. The van der Waals surface area contributed by atoms with Crippen molar-refractivity contribution < 1.29 is 9.84 Å². The highest BCUT2D eigenvalue weighted by Crippen LogP contribution is 2.38. The summed E-state index contributed by atoms with van der Waals surface area (Å²) in [7, 11) is 1.61. The molecule has 0 aromatic heterocycles. The third-order valence-electron chi connectivity index (χ3n) is 5.14. The van der Waals surface area contributed by atoms with E-state index < -0.39 is 0 Å². The molecule has 30 heavy (non-hydrogen) atoms. The van der Waals surface area contributed by atoms with E-state index >= 15 is 0 Å². The number of hydrogen-bond donors (Lipinski definition) is 1. The van der Waals surface area contributed by atoms with Gasteiger partial charge in [-0.2, -0.15) is 0 Å². The zero-order chi connectivity index (χ0) is 22.5. The van der Waals surface area contributed by atoms with Crippen LogP contribution in [0.3, 0.4) is 0 Å². The quantitative estimate of drug-likeness (QED) is 0.515. The van der Waals surface area contributed by atoms with Crippen LogP contribution in [0.5, 0.6) is 11.5 Å². The molecule has 0 bridgehead atoms. The van der Waals surface area contributed by atoms with Gasteiger partial charge < -0.3 is 9.84 Å². The molecular weight excluding hydrogens is 368 g/mol. The molecule has 2 rings (SSSR count). The van der Waals surface area contributed by atoms with Gasteiger partial charge >= 0.3 is 0 Å². The number of benzene rings is 2. The van der Waals surface area contributed by atoms with Crippen LogP contribution in [-0.2, 0) is 0 Å². The van der Waals surface area contributed by atoms with Crippen LogP contribution in [-0.4, -0.2) is 12.2 Å². The first-order valence-corrected chi connectivity index (χ1v) is 10.5. The molecule has 0 atom stereocenters. The Bertz CT molecular complexity index is 946. The first kappa shape index (κ1) is 23.5. The highest BCUT2D eigenvalue weighted by atomic mass is 16.5. The molecule has 1 N–H and O–H groups in total. The molecule has 0 heterocycles. The summed E-state index contributed by atoms with van der Waals surface area (Å²) in [5.41, 5.74) is 5.28. The molecule has 0 aliphatic heterocycles. The SMILES string of the molecule is COc1ccc(C(=C(C=CC(C)(C)C)C=C(C)C(C)(C)C)c2ccccc2)c(O)c1. The third-order valence-corrected chi connectivity index (χ3v) is 5.14.